The van der Waals surface area contributed by atoms with Crippen molar-refractivity contribution in [2.45, 2.75) is 32.7 Å². The van der Waals surface area contributed by atoms with E-state index in [0.717, 1.165) is 33.4 Å². The third-order valence-corrected chi connectivity index (χ3v) is 5.81. The van der Waals surface area contributed by atoms with Gasteiger partial charge in [0, 0.05) is 29.9 Å². The molecule has 0 spiro atoms. The van der Waals surface area contributed by atoms with E-state index in [1.165, 1.54) is 14.0 Å². The lowest BCUT2D eigenvalue weighted by molar-refractivity contribution is -0.139. The number of benzene rings is 1. The maximum Gasteiger partial charge on any atom is 0.309 e. The Hall–Kier alpha value is -4.13. The lowest BCUT2D eigenvalue weighted by Gasteiger charge is -2.13. The Kier molecular flexibility index (Phi) is 6.63. The van der Waals surface area contributed by atoms with Crippen molar-refractivity contribution in [1.29, 1.82) is 5.41 Å². The monoisotopic (exact) mass is 454 g/mol. The number of carbonyl (C=O) groups excluding carboxylic acids is 2. The molecule has 3 aromatic heterocycles. The Labute approximate surface area is 197 Å². The van der Waals surface area contributed by atoms with Crippen LogP contribution in [0, 0.1) is 5.41 Å². The molecule has 0 bridgehead atoms. The highest BCUT2D eigenvalue weighted by atomic mass is 16.5. The Morgan fingerprint density at radius 3 is 2.47 bits per heavy atom. The van der Waals surface area contributed by atoms with Gasteiger partial charge in [-0.3, -0.25) is 19.6 Å². The summed E-state index contributed by atoms with van der Waals surface area (Å²) in [6.45, 7) is 3.68. The summed E-state index contributed by atoms with van der Waals surface area (Å²) < 4.78 is 6.83. The molecule has 4 aromatic rings. The minimum absolute atomic E-state index is 0.0853. The van der Waals surface area contributed by atoms with Crippen LogP contribution in [0.4, 0.5) is 0 Å². The fourth-order valence-electron chi connectivity index (χ4n) is 4.18. The zero-order valence-electron chi connectivity index (χ0n) is 19.4. The second-order valence-corrected chi connectivity index (χ2v) is 8.30. The number of ether oxygens (including phenoxy) is 1. The quantitative estimate of drug-likeness (QED) is 0.311. The second kappa shape index (κ2) is 9.79. The Morgan fingerprint density at radius 1 is 1.09 bits per heavy atom. The van der Waals surface area contributed by atoms with E-state index in [9.17, 15) is 9.59 Å². The number of esters is 1. The summed E-state index contributed by atoms with van der Waals surface area (Å²) in [5, 5.41) is 8.08. The summed E-state index contributed by atoms with van der Waals surface area (Å²) in [5.74, 6) is -0.982. The molecule has 7 nitrogen and oxygen atoms in total. The van der Waals surface area contributed by atoms with Crippen molar-refractivity contribution in [2.24, 2.45) is 0 Å². The van der Waals surface area contributed by atoms with Gasteiger partial charge < -0.3 is 14.7 Å². The fraction of sp³-hybridized carbons (Fsp3) is 0.222. The molecular formula is C27H26N4O3. The Bertz CT molecular complexity index is 1340. The van der Waals surface area contributed by atoms with E-state index < -0.39 is 5.92 Å². The molecule has 1 atom stereocenters. The third kappa shape index (κ3) is 4.78. The average Bonchev–Trinajstić information content (AvgIpc) is 3.17. The summed E-state index contributed by atoms with van der Waals surface area (Å²) >= 11 is 0. The van der Waals surface area contributed by atoms with Crippen molar-refractivity contribution >= 4 is 28.5 Å². The van der Waals surface area contributed by atoms with E-state index in [4.69, 9.17) is 15.1 Å². The number of methoxy groups -OCH3 is 1. The predicted octanol–water partition coefficient (Wildman–Crippen LogP) is 4.57. The van der Waals surface area contributed by atoms with Crippen LogP contribution < -0.4 is 0 Å². The van der Waals surface area contributed by atoms with Crippen LogP contribution >= 0.6 is 0 Å². The van der Waals surface area contributed by atoms with E-state index in [0.29, 0.717) is 12.1 Å². The van der Waals surface area contributed by atoms with Gasteiger partial charge in [0.15, 0.2) is 0 Å². The van der Waals surface area contributed by atoms with Crippen molar-refractivity contribution in [3.8, 4) is 11.1 Å². The molecule has 7 heteroatoms. The molecule has 0 saturated heterocycles. The summed E-state index contributed by atoms with van der Waals surface area (Å²) in [7, 11) is 1.38. The predicted molar refractivity (Wildman–Crippen MR) is 131 cm³/mol. The van der Waals surface area contributed by atoms with Gasteiger partial charge >= 0.3 is 5.97 Å². The molecule has 1 N–H and O–H groups in total. The molecule has 0 aliphatic carbocycles. The van der Waals surface area contributed by atoms with Crippen molar-refractivity contribution in [3.63, 3.8) is 0 Å². The molecule has 172 valence electrons. The first-order valence-electron chi connectivity index (χ1n) is 11.0. The van der Waals surface area contributed by atoms with Gasteiger partial charge in [-0.25, -0.2) is 0 Å². The first kappa shape index (κ1) is 23.0. The van der Waals surface area contributed by atoms with E-state index in [1.807, 2.05) is 54.7 Å². The zero-order valence-corrected chi connectivity index (χ0v) is 19.4. The molecule has 1 aromatic carbocycles. The summed E-state index contributed by atoms with van der Waals surface area (Å²) in [4.78, 5) is 33.0. The lowest BCUT2D eigenvalue weighted by atomic mass is 9.92. The van der Waals surface area contributed by atoms with Gasteiger partial charge in [-0.05, 0) is 48.7 Å². The van der Waals surface area contributed by atoms with Gasteiger partial charge in [0.25, 0.3) is 0 Å². The van der Waals surface area contributed by atoms with E-state index in [2.05, 4.69) is 9.55 Å². The number of carbonyl (C=O) groups is 2. The fourth-order valence-corrected chi connectivity index (χ4v) is 4.18. The second-order valence-electron chi connectivity index (χ2n) is 8.30. The van der Waals surface area contributed by atoms with Gasteiger partial charge in [0.2, 0.25) is 0 Å². The van der Waals surface area contributed by atoms with Gasteiger partial charge in [0.1, 0.15) is 5.78 Å². The molecule has 0 amide bonds. The normalized spacial score (nSPS) is 11.9. The van der Waals surface area contributed by atoms with E-state index in [1.54, 1.807) is 19.3 Å². The molecule has 0 aliphatic heterocycles. The highest BCUT2D eigenvalue weighted by Gasteiger charge is 2.22. The number of rotatable bonds is 8. The highest BCUT2D eigenvalue weighted by molar-refractivity contribution is 6.07. The van der Waals surface area contributed by atoms with Crippen LogP contribution in [0.25, 0.3) is 22.2 Å². The largest absolute Gasteiger partial charge is 0.469 e. The number of Topliss-reactive ketones (excluding diaryl/α,β-unsaturated/α-hetero) is 1. The average molecular weight is 455 g/mol. The maximum absolute atomic E-state index is 12.2. The standard InChI is InChI=1S/C27H26N4O3/c1-17(28)26(18(2)32)21-13-24-27(30-14-21)23(16-31(24)15-22-6-4-5-11-29-22)20-9-7-19(8-10-20)12-25(33)34-3/h4-11,13-14,16,26,28H,12,15H2,1-3H3. The number of fused-ring (bicyclic) bond motifs is 1. The molecule has 0 fully saturated rings. The van der Waals surface area contributed by atoms with Gasteiger partial charge in [-0.15, -0.1) is 0 Å². The Morgan fingerprint density at radius 2 is 1.85 bits per heavy atom. The molecular weight excluding hydrogens is 428 g/mol. The first-order chi connectivity index (χ1) is 16.4. The minimum atomic E-state index is -0.615. The van der Waals surface area contributed by atoms with Crippen molar-refractivity contribution in [1.82, 2.24) is 14.5 Å². The topological polar surface area (TPSA) is 97.9 Å². The van der Waals surface area contributed by atoms with E-state index in [-0.39, 0.29) is 23.9 Å². The number of nitrogens with zero attached hydrogens (tertiary/aromatic N) is 3. The number of hydrogen-bond acceptors (Lipinski definition) is 6. The molecule has 0 saturated carbocycles. The molecule has 3 heterocycles. The summed E-state index contributed by atoms with van der Waals surface area (Å²) in [6.07, 6.45) is 5.70. The number of hydrogen-bond donors (Lipinski definition) is 1. The van der Waals surface area contributed by atoms with Crippen molar-refractivity contribution in [2.75, 3.05) is 7.11 Å². The summed E-state index contributed by atoms with van der Waals surface area (Å²) in [6, 6.07) is 15.5. The number of aromatic nitrogens is 3. The number of pyridine rings is 2. The van der Waals surface area contributed by atoms with Crippen molar-refractivity contribution < 1.29 is 14.3 Å². The molecule has 34 heavy (non-hydrogen) atoms. The zero-order chi connectivity index (χ0) is 24.2. The summed E-state index contributed by atoms with van der Waals surface area (Å²) in [5.41, 5.74) is 6.32. The van der Waals surface area contributed by atoms with Gasteiger partial charge in [0.05, 0.1) is 42.7 Å². The van der Waals surface area contributed by atoms with Crippen LogP contribution in [0.15, 0.2) is 67.1 Å². The minimum Gasteiger partial charge on any atom is -0.469 e. The molecule has 4 rings (SSSR count). The van der Waals surface area contributed by atoms with Crippen LogP contribution in [0.2, 0.25) is 0 Å². The van der Waals surface area contributed by atoms with Crippen LogP contribution in [0.1, 0.15) is 36.6 Å². The third-order valence-electron chi connectivity index (χ3n) is 5.81. The first-order valence-corrected chi connectivity index (χ1v) is 11.0. The molecule has 1 unspecified atom stereocenters. The Balaban J connectivity index is 1.81. The van der Waals surface area contributed by atoms with Crippen LogP contribution in [-0.2, 0) is 27.3 Å². The van der Waals surface area contributed by atoms with Crippen LogP contribution in [0.5, 0.6) is 0 Å². The molecule has 0 aliphatic rings. The van der Waals surface area contributed by atoms with Gasteiger partial charge in [-0.1, -0.05) is 30.3 Å². The number of nitrogens with one attached hydrogen (secondary N) is 1. The van der Waals surface area contributed by atoms with Crippen LogP contribution in [0.3, 0.4) is 0 Å². The smallest absolute Gasteiger partial charge is 0.309 e. The van der Waals surface area contributed by atoms with E-state index >= 15 is 0 Å². The SMILES string of the molecule is COC(=O)Cc1ccc(-c2cn(Cc3ccccn3)c3cc(C(C(C)=N)C(C)=O)cnc23)cc1. The molecule has 0 radical (unpaired) electrons. The van der Waals surface area contributed by atoms with Crippen LogP contribution in [-0.4, -0.2) is 39.1 Å². The maximum atomic E-state index is 12.2. The number of ketones is 1. The van der Waals surface area contributed by atoms with Crippen molar-refractivity contribution in [3.05, 3.63) is 83.9 Å². The van der Waals surface area contributed by atoms with Gasteiger partial charge in [-0.2, -0.15) is 0 Å². The highest BCUT2D eigenvalue weighted by Crippen LogP contribution is 2.32. The lowest BCUT2D eigenvalue weighted by Crippen LogP contribution is -2.17.